The molecule has 1 saturated heterocycles. The summed E-state index contributed by atoms with van der Waals surface area (Å²) in [7, 11) is 0. The molecule has 2 rings (SSSR count). The van der Waals surface area contributed by atoms with Gasteiger partial charge in [0, 0.05) is 19.1 Å². The second-order valence-electron chi connectivity index (χ2n) is 5.34. The smallest absolute Gasteiger partial charge is 0.123 e. The van der Waals surface area contributed by atoms with Gasteiger partial charge in [-0.1, -0.05) is 6.92 Å². The van der Waals surface area contributed by atoms with Crippen molar-refractivity contribution in [1.82, 2.24) is 10.2 Å². The van der Waals surface area contributed by atoms with E-state index in [0.29, 0.717) is 12.6 Å². The lowest BCUT2D eigenvalue weighted by atomic mass is 10.2. The molecule has 0 aliphatic carbocycles. The van der Waals surface area contributed by atoms with E-state index in [-0.39, 0.29) is 5.82 Å². The van der Waals surface area contributed by atoms with Crippen molar-refractivity contribution >= 4 is 0 Å². The van der Waals surface area contributed by atoms with Gasteiger partial charge in [-0.15, -0.1) is 0 Å². The fraction of sp³-hybridized carbons (Fsp3) is 0.625. The van der Waals surface area contributed by atoms with Crippen LogP contribution in [0.3, 0.4) is 0 Å². The van der Waals surface area contributed by atoms with Gasteiger partial charge in [0.15, 0.2) is 0 Å². The minimum Gasteiger partial charge on any atom is -0.494 e. The first-order valence-corrected chi connectivity index (χ1v) is 7.62. The Morgan fingerprint density at radius 1 is 1.30 bits per heavy atom. The molecule has 0 radical (unpaired) electrons. The van der Waals surface area contributed by atoms with Crippen molar-refractivity contribution in [3.63, 3.8) is 0 Å². The predicted octanol–water partition coefficient (Wildman–Crippen LogP) is 2.67. The van der Waals surface area contributed by atoms with E-state index in [9.17, 15) is 4.39 Å². The van der Waals surface area contributed by atoms with Gasteiger partial charge in [-0.05, 0) is 56.6 Å². The first kappa shape index (κ1) is 15.3. The molecule has 0 bridgehead atoms. The van der Waals surface area contributed by atoms with Crippen LogP contribution in [0.4, 0.5) is 4.39 Å². The molecule has 0 aromatic heterocycles. The summed E-state index contributed by atoms with van der Waals surface area (Å²) in [6.45, 7) is 7.39. The molecular formula is C16H25FN2O. The van der Waals surface area contributed by atoms with Crippen LogP contribution in [0.1, 0.15) is 26.2 Å². The van der Waals surface area contributed by atoms with Gasteiger partial charge in [0.25, 0.3) is 0 Å². The van der Waals surface area contributed by atoms with E-state index in [4.69, 9.17) is 4.74 Å². The number of nitrogens with zero attached hydrogens (tertiary/aromatic N) is 1. The molecule has 0 saturated carbocycles. The van der Waals surface area contributed by atoms with Gasteiger partial charge in [-0.3, -0.25) is 4.90 Å². The molecule has 1 unspecified atom stereocenters. The van der Waals surface area contributed by atoms with E-state index in [1.54, 1.807) is 12.1 Å². The Morgan fingerprint density at radius 3 is 2.75 bits per heavy atom. The topological polar surface area (TPSA) is 24.5 Å². The van der Waals surface area contributed by atoms with Crippen LogP contribution in [0.5, 0.6) is 5.75 Å². The molecule has 1 atom stereocenters. The van der Waals surface area contributed by atoms with Crippen LogP contribution >= 0.6 is 0 Å². The van der Waals surface area contributed by atoms with E-state index < -0.39 is 0 Å². The first-order chi connectivity index (χ1) is 9.79. The van der Waals surface area contributed by atoms with Crippen LogP contribution in [0.15, 0.2) is 24.3 Å². The van der Waals surface area contributed by atoms with Crippen molar-refractivity contribution < 1.29 is 9.13 Å². The molecule has 1 aromatic carbocycles. The summed E-state index contributed by atoms with van der Waals surface area (Å²) < 4.78 is 18.4. The molecule has 4 heteroatoms. The molecule has 0 amide bonds. The summed E-state index contributed by atoms with van der Waals surface area (Å²) >= 11 is 0. The molecule has 1 aliphatic rings. The van der Waals surface area contributed by atoms with Crippen LogP contribution in [-0.2, 0) is 0 Å². The highest BCUT2D eigenvalue weighted by Crippen LogP contribution is 2.13. The zero-order chi connectivity index (χ0) is 14.2. The summed E-state index contributed by atoms with van der Waals surface area (Å²) in [5.41, 5.74) is 0. The van der Waals surface area contributed by atoms with Crippen LogP contribution in [0.2, 0.25) is 0 Å². The lowest BCUT2D eigenvalue weighted by molar-refractivity contribution is 0.188. The summed E-state index contributed by atoms with van der Waals surface area (Å²) in [6, 6.07) is 6.91. The highest BCUT2D eigenvalue weighted by atomic mass is 19.1. The third kappa shape index (κ3) is 4.76. The van der Waals surface area contributed by atoms with Gasteiger partial charge in [-0.2, -0.15) is 0 Å². The summed E-state index contributed by atoms with van der Waals surface area (Å²) in [6.07, 6.45) is 3.45. The van der Waals surface area contributed by atoms with Gasteiger partial charge in [0.05, 0.1) is 6.61 Å². The number of halogens is 1. The molecule has 1 fully saturated rings. The van der Waals surface area contributed by atoms with Gasteiger partial charge >= 0.3 is 0 Å². The first-order valence-electron chi connectivity index (χ1n) is 7.62. The van der Waals surface area contributed by atoms with Crippen LogP contribution in [0, 0.1) is 5.82 Å². The molecule has 1 aromatic rings. The molecule has 1 N–H and O–H groups in total. The van der Waals surface area contributed by atoms with Gasteiger partial charge in [0.1, 0.15) is 11.6 Å². The molecule has 112 valence electrons. The highest BCUT2D eigenvalue weighted by Gasteiger charge is 2.20. The monoisotopic (exact) mass is 280 g/mol. The Bertz CT molecular complexity index is 377. The maximum atomic E-state index is 12.8. The number of rotatable bonds is 8. The van der Waals surface area contributed by atoms with Crippen LogP contribution < -0.4 is 10.1 Å². The third-order valence-corrected chi connectivity index (χ3v) is 3.73. The fourth-order valence-corrected chi connectivity index (χ4v) is 2.70. The van der Waals surface area contributed by atoms with Crippen molar-refractivity contribution in [2.45, 2.75) is 32.2 Å². The Kier molecular flexibility index (Phi) is 6.27. The predicted molar refractivity (Wildman–Crippen MR) is 79.7 cm³/mol. The average molecular weight is 280 g/mol. The normalized spacial score (nSPS) is 18.6. The van der Waals surface area contributed by atoms with Crippen molar-refractivity contribution in [1.29, 1.82) is 0 Å². The molecule has 3 nitrogen and oxygen atoms in total. The number of ether oxygens (including phenoxy) is 1. The Balaban J connectivity index is 1.68. The number of benzene rings is 1. The van der Waals surface area contributed by atoms with Crippen molar-refractivity contribution in [2.24, 2.45) is 0 Å². The van der Waals surface area contributed by atoms with Crippen LogP contribution in [-0.4, -0.2) is 43.7 Å². The van der Waals surface area contributed by atoms with Gasteiger partial charge in [0.2, 0.25) is 0 Å². The molecule has 1 aliphatic heterocycles. The van der Waals surface area contributed by atoms with Crippen molar-refractivity contribution in [3.8, 4) is 5.75 Å². The van der Waals surface area contributed by atoms with E-state index in [1.165, 1.54) is 25.0 Å². The maximum Gasteiger partial charge on any atom is 0.123 e. The lowest BCUT2D eigenvalue weighted by Crippen LogP contribution is -2.38. The Labute approximate surface area is 121 Å². The second-order valence-corrected chi connectivity index (χ2v) is 5.34. The van der Waals surface area contributed by atoms with Crippen LogP contribution in [0.25, 0.3) is 0 Å². The zero-order valence-corrected chi connectivity index (χ0v) is 12.3. The van der Waals surface area contributed by atoms with Crippen molar-refractivity contribution in [3.05, 3.63) is 30.1 Å². The molecule has 1 heterocycles. The number of hydrogen-bond donors (Lipinski definition) is 1. The lowest BCUT2D eigenvalue weighted by Gasteiger charge is -2.27. The maximum absolute atomic E-state index is 12.8. The largest absolute Gasteiger partial charge is 0.494 e. The second kappa shape index (κ2) is 8.22. The summed E-state index contributed by atoms with van der Waals surface area (Å²) in [5, 5.41) is 3.42. The number of nitrogens with one attached hydrogen (secondary N) is 1. The minimum absolute atomic E-state index is 0.222. The van der Waals surface area contributed by atoms with E-state index in [1.807, 2.05) is 0 Å². The summed E-state index contributed by atoms with van der Waals surface area (Å²) in [4.78, 5) is 2.56. The Hall–Kier alpha value is -1.13. The zero-order valence-electron chi connectivity index (χ0n) is 12.3. The van der Waals surface area contributed by atoms with E-state index >= 15 is 0 Å². The van der Waals surface area contributed by atoms with Gasteiger partial charge in [-0.25, -0.2) is 4.39 Å². The van der Waals surface area contributed by atoms with E-state index in [0.717, 1.165) is 38.3 Å². The standard InChI is InChI=1S/C16H25FN2O/c1-2-10-19(15-8-9-18-13-15)11-3-12-20-16-6-4-14(17)5-7-16/h4-7,15,18H,2-3,8-13H2,1H3. The minimum atomic E-state index is -0.222. The number of hydrogen-bond acceptors (Lipinski definition) is 3. The SMILES string of the molecule is CCCN(CCCOc1ccc(F)cc1)C1CCNC1. The fourth-order valence-electron chi connectivity index (χ4n) is 2.70. The summed E-state index contributed by atoms with van der Waals surface area (Å²) in [5.74, 6) is 0.524. The molecule has 20 heavy (non-hydrogen) atoms. The molecule has 0 spiro atoms. The molecular weight excluding hydrogens is 255 g/mol. The quantitative estimate of drug-likeness (QED) is 0.741. The van der Waals surface area contributed by atoms with Gasteiger partial charge < -0.3 is 10.1 Å². The highest BCUT2D eigenvalue weighted by molar-refractivity contribution is 5.21. The van der Waals surface area contributed by atoms with Crippen molar-refractivity contribution in [2.75, 3.05) is 32.8 Å². The Morgan fingerprint density at radius 2 is 2.10 bits per heavy atom. The third-order valence-electron chi connectivity index (χ3n) is 3.73. The van der Waals surface area contributed by atoms with E-state index in [2.05, 4.69) is 17.1 Å². The average Bonchev–Trinajstić information content (AvgIpc) is 2.98.